The first-order valence-electron chi connectivity index (χ1n) is 5.51. The highest BCUT2D eigenvalue weighted by Crippen LogP contribution is 2.25. The van der Waals surface area contributed by atoms with E-state index < -0.39 is 0 Å². The van der Waals surface area contributed by atoms with E-state index in [0.29, 0.717) is 5.56 Å². The lowest BCUT2D eigenvalue weighted by Crippen LogP contribution is -2.10. The third kappa shape index (κ3) is 2.74. The fourth-order valence-corrected chi connectivity index (χ4v) is 2.45. The Morgan fingerprint density at radius 1 is 1.12 bits per heavy atom. The third-order valence-electron chi connectivity index (χ3n) is 2.72. The van der Waals surface area contributed by atoms with Crippen molar-refractivity contribution >= 4 is 22.2 Å². The minimum atomic E-state index is -0.0498. The molecule has 0 bridgehead atoms. The zero-order chi connectivity index (χ0) is 12.4. The number of anilines is 1. The first-order chi connectivity index (χ1) is 8.06. The molecule has 1 amide bonds. The lowest BCUT2D eigenvalue weighted by molar-refractivity contribution is 0.102. The van der Waals surface area contributed by atoms with E-state index in [1.165, 1.54) is 10.4 Å². The number of nitrogens with one attached hydrogen (secondary N) is 1. The van der Waals surface area contributed by atoms with Crippen LogP contribution in [0, 0.1) is 20.8 Å². The molecular weight excluding hydrogens is 230 g/mol. The van der Waals surface area contributed by atoms with Gasteiger partial charge in [-0.25, -0.2) is 0 Å². The maximum absolute atomic E-state index is 11.9. The first kappa shape index (κ1) is 11.9. The molecule has 17 heavy (non-hydrogen) atoms. The molecule has 2 nitrogen and oxygen atoms in total. The number of hydrogen-bond donors (Lipinski definition) is 1. The zero-order valence-electron chi connectivity index (χ0n) is 10.2. The van der Waals surface area contributed by atoms with Crippen LogP contribution in [-0.4, -0.2) is 5.91 Å². The predicted molar refractivity (Wildman–Crippen MR) is 72.9 cm³/mol. The molecule has 0 aliphatic carbocycles. The number of thiophene rings is 1. The third-order valence-corrected chi connectivity index (χ3v) is 3.78. The molecule has 1 aromatic carbocycles. The Labute approximate surface area is 105 Å². The second-order valence-electron chi connectivity index (χ2n) is 4.17. The molecule has 0 atom stereocenters. The van der Waals surface area contributed by atoms with Gasteiger partial charge in [0.05, 0.1) is 5.00 Å². The second-order valence-corrected chi connectivity index (χ2v) is 5.43. The van der Waals surface area contributed by atoms with Gasteiger partial charge in [-0.3, -0.25) is 4.79 Å². The molecule has 0 saturated heterocycles. The standard InChI is InChI=1S/C14H15NOS/c1-9-4-6-12(7-5-9)14(16)15-13-8-10(2)11(3)17-13/h4-8H,1-3H3,(H,15,16). The summed E-state index contributed by atoms with van der Waals surface area (Å²) in [5, 5.41) is 3.83. The average molecular weight is 245 g/mol. The van der Waals surface area contributed by atoms with Crippen molar-refractivity contribution in [1.82, 2.24) is 0 Å². The Morgan fingerprint density at radius 2 is 1.76 bits per heavy atom. The Kier molecular flexibility index (Phi) is 3.29. The van der Waals surface area contributed by atoms with Gasteiger partial charge in [0.2, 0.25) is 0 Å². The summed E-state index contributed by atoms with van der Waals surface area (Å²) in [6.45, 7) is 6.11. The fraction of sp³-hybridized carbons (Fsp3) is 0.214. The quantitative estimate of drug-likeness (QED) is 0.853. The Balaban J connectivity index is 2.14. The maximum atomic E-state index is 11.9. The molecular formula is C14H15NOS. The molecule has 88 valence electrons. The molecule has 2 rings (SSSR count). The smallest absolute Gasteiger partial charge is 0.256 e. The van der Waals surface area contributed by atoms with Crippen LogP contribution in [0.5, 0.6) is 0 Å². The van der Waals surface area contributed by atoms with E-state index >= 15 is 0 Å². The Bertz CT molecular complexity index is 520. The van der Waals surface area contributed by atoms with Crippen LogP contribution in [0.2, 0.25) is 0 Å². The van der Waals surface area contributed by atoms with E-state index in [2.05, 4.69) is 12.2 Å². The van der Waals surface area contributed by atoms with Gasteiger partial charge >= 0.3 is 0 Å². The van der Waals surface area contributed by atoms with Crippen LogP contribution in [0.4, 0.5) is 5.00 Å². The molecule has 0 spiro atoms. The van der Waals surface area contributed by atoms with Crippen LogP contribution in [0.15, 0.2) is 30.3 Å². The minimum absolute atomic E-state index is 0.0498. The van der Waals surface area contributed by atoms with Crippen LogP contribution >= 0.6 is 11.3 Å². The normalized spacial score (nSPS) is 10.3. The molecule has 0 unspecified atom stereocenters. The largest absolute Gasteiger partial charge is 0.314 e. The highest BCUT2D eigenvalue weighted by atomic mass is 32.1. The van der Waals surface area contributed by atoms with Crippen molar-refractivity contribution in [3.63, 3.8) is 0 Å². The molecule has 1 aromatic heterocycles. The Hall–Kier alpha value is -1.61. The van der Waals surface area contributed by atoms with Crippen LogP contribution in [0.25, 0.3) is 0 Å². The summed E-state index contributed by atoms with van der Waals surface area (Å²) in [5.74, 6) is -0.0498. The van der Waals surface area contributed by atoms with Gasteiger partial charge in [-0.1, -0.05) is 17.7 Å². The van der Waals surface area contributed by atoms with Gasteiger partial charge < -0.3 is 5.32 Å². The number of carbonyl (C=O) groups is 1. The lowest BCUT2D eigenvalue weighted by Gasteiger charge is -2.02. The van der Waals surface area contributed by atoms with E-state index in [1.54, 1.807) is 11.3 Å². The van der Waals surface area contributed by atoms with E-state index in [4.69, 9.17) is 0 Å². The van der Waals surface area contributed by atoms with Crippen molar-refractivity contribution in [2.45, 2.75) is 20.8 Å². The second kappa shape index (κ2) is 4.72. The molecule has 1 heterocycles. The van der Waals surface area contributed by atoms with Crippen molar-refractivity contribution in [2.75, 3.05) is 5.32 Å². The number of rotatable bonds is 2. The van der Waals surface area contributed by atoms with Crippen molar-refractivity contribution in [3.05, 3.63) is 51.9 Å². The molecule has 0 fully saturated rings. The number of aryl methyl sites for hydroxylation is 3. The average Bonchev–Trinajstić information content (AvgIpc) is 2.58. The van der Waals surface area contributed by atoms with Crippen molar-refractivity contribution in [2.24, 2.45) is 0 Å². The topological polar surface area (TPSA) is 29.1 Å². The molecule has 0 saturated carbocycles. The minimum Gasteiger partial charge on any atom is -0.314 e. The highest BCUT2D eigenvalue weighted by Gasteiger charge is 2.08. The van der Waals surface area contributed by atoms with Gasteiger partial charge in [0, 0.05) is 10.4 Å². The van der Waals surface area contributed by atoms with E-state index in [9.17, 15) is 4.79 Å². The summed E-state index contributed by atoms with van der Waals surface area (Å²) in [4.78, 5) is 13.2. The van der Waals surface area contributed by atoms with Crippen molar-refractivity contribution < 1.29 is 4.79 Å². The number of hydrogen-bond acceptors (Lipinski definition) is 2. The summed E-state index contributed by atoms with van der Waals surface area (Å²) < 4.78 is 0. The van der Waals surface area contributed by atoms with Gasteiger partial charge in [0.1, 0.15) is 0 Å². The van der Waals surface area contributed by atoms with Crippen LogP contribution in [0.3, 0.4) is 0 Å². The summed E-state index contributed by atoms with van der Waals surface area (Å²) in [6, 6.07) is 9.59. The summed E-state index contributed by atoms with van der Waals surface area (Å²) >= 11 is 1.61. The van der Waals surface area contributed by atoms with Crippen molar-refractivity contribution in [1.29, 1.82) is 0 Å². The van der Waals surface area contributed by atoms with Crippen LogP contribution < -0.4 is 5.32 Å². The number of amides is 1. The summed E-state index contributed by atoms with van der Waals surface area (Å²) in [6.07, 6.45) is 0. The first-order valence-corrected chi connectivity index (χ1v) is 6.33. The summed E-state index contributed by atoms with van der Waals surface area (Å²) in [5.41, 5.74) is 3.07. The maximum Gasteiger partial charge on any atom is 0.256 e. The molecule has 2 aromatic rings. The Morgan fingerprint density at radius 3 is 2.29 bits per heavy atom. The monoisotopic (exact) mass is 245 g/mol. The highest BCUT2D eigenvalue weighted by molar-refractivity contribution is 7.16. The molecule has 0 aliphatic rings. The van der Waals surface area contributed by atoms with Crippen LogP contribution in [-0.2, 0) is 0 Å². The van der Waals surface area contributed by atoms with E-state index in [1.807, 2.05) is 44.2 Å². The molecule has 3 heteroatoms. The van der Waals surface area contributed by atoms with E-state index in [-0.39, 0.29) is 5.91 Å². The SMILES string of the molecule is Cc1ccc(C(=O)Nc2cc(C)c(C)s2)cc1. The van der Waals surface area contributed by atoms with E-state index in [0.717, 1.165) is 10.6 Å². The van der Waals surface area contributed by atoms with Gasteiger partial charge in [-0.15, -0.1) is 11.3 Å². The van der Waals surface area contributed by atoms with Crippen LogP contribution in [0.1, 0.15) is 26.4 Å². The summed E-state index contributed by atoms with van der Waals surface area (Å²) in [7, 11) is 0. The van der Waals surface area contributed by atoms with Gasteiger partial charge in [-0.2, -0.15) is 0 Å². The lowest BCUT2D eigenvalue weighted by atomic mass is 10.1. The van der Waals surface area contributed by atoms with Gasteiger partial charge in [0.15, 0.2) is 0 Å². The van der Waals surface area contributed by atoms with Gasteiger partial charge in [0.25, 0.3) is 5.91 Å². The number of benzene rings is 1. The number of carbonyl (C=O) groups excluding carboxylic acids is 1. The predicted octanol–water partition coefficient (Wildman–Crippen LogP) is 3.93. The molecule has 1 N–H and O–H groups in total. The molecule has 0 aliphatic heterocycles. The fourth-order valence-electron chi connectivity index (χ4n) is 1.52. The zero-order valence-corrected chi connectivity index (χ0v) is 11.0. The van der Waals surface area contributed by atoms with Gasteiger partial charge in [-0.05, 0) is 44.5 Å². The van der Waals surface area contributed by atoms with Crippen molar-refractivity contribution in [3.8, 4) is 0 Å². The molecule has 0 radical (unpaired) electrons.